The Bertz CT molecular complexity index is 1120. The van der Waals surface area contributed by atoms with E-state index in [1.165, 1.54) is 18.2 Å². The number of hydrogen-bond acceptors (Lipinski definition) is 5. The van der Waals surface area contributed by atoms with Crippen LogP contribution >= 0.6 is 0 Å². The van der Waals surface area contributed by atoms with Crippen molar-refractivity contribution in [3.05, 3.63) is 71.4 Å². The number of aliphatic hydroxyl groups is 1. The van der Waals surface area contributed by atoms with Crippen LogP contribution in [-0.2, 0) is 6.18 Å². The quantitative estimate of drug-likeness (QED) is 0.511. The number of amides is 1. The summed E-state index contributed by atoms with van der Waals surface area (Å²) < 4.78 is 38.9. The Hall–Kier alpha value is -3.30. The maximum absolute atomic E-state index is 13.0. The SMILES string of the molecule is CCN(NC(=O)c1cc(-c2ccc(C(F)(F)F)cc2)nc(-c2cccc(C)c2)n1)C(C)CO. The lowest BCUT2D eigenvalue weighted by atomic mass is 10.1. The summed E-state index contributed by atoms with van der Waals surface area (Å²) in [4.78, 5) is 21.9. The molecule has 0 aliphatic rings. The number of halogens is 3. The van der Waals surface area contributed by atoms with Crippen molar-refractivity contribution in [3.8, 4) is 22.6 Å². The van der Waals surface area contributed by atoms with Gasteiger partial charge in [-0.3, -0.25) is 10.2 Å². The van der Waals surface area contributed by atoms with Crippen LogP contribution in [-0.4, -0.2) is 45.2 Å². The summed E-state index contributed by atoms with van der Waals surface area (Å²) in [5.74, 6) is -0.235. The second kappa shape index (κ2) is 10.1. The summed E-state index contributed by atoms with van der Waals surface area (Å²) >= 11 is 0. The molecule has 9 heteroatoms. The number of aryl methyl sites for hydroxylation is 1. The van der Waals surface area contributed by atoms with Crippen LogP contribution in [0, 0.1) is 6.92 Å². The van der Waals surface area contributed by atoms with Crippen molar-refractivity contribution in [1.29, 1.82) is 0 Å². The van der Waals surface area contributed by atoms with E-state index in [2.05, 4.69) is 15.4 Å². The fraction of sp³-hybridized carbons (Fsp3) is 0.292. The molecule has 0 aliphatic heterocycles. The van der Waals surface area contributed by atoms with Crippen LogP contribution in [0.1, 0.15) is 35.5 Å². The average Bonchev–Trinajstić information content (AvgIpc) is 2.81. The monoisotopic (exact) mass is 458 g/mol. The van der Waals surface area contributed by atoms with Crippen molar-refractivity contribution >= 4 is 5.91 Å². The molecule has 1 heterocycles. The third kappa shape index (κ3) is 5.94. The zero-order valence-corrected chi connectivity index (χ0v) is 18.5. The fourth-order valence-corrected chi connectivity index (χ4v) is 3.24. The van der Waals surface area contributed by atoms with Gasteiger partial charge >= 0.3 is 6.18 Å². The molecule has 0 radical (unpaired) electrons. The lowest BCUT2D eigenvalue weighted by Crippen LogP contribution is -2.48. The molecule has 6 nitrogen and oxygen atoms in total. The molecule has 3 rings (SSSR count). The maximum Gasteiger partial charge on any atom is 0.416 e. The number of likely N-dealkylation sites (N-methyl/N-ethyl adjacent to an activating group) is 1. The van der Waals surface area contributed by atoms with Gasteiger partial charge in [0.15, 0.2) is 5.82 Å². The topological polar surface area (TPSA) is 78.4 Å². The minimum atomic E-state index is -4.45. The highest BCUT2D eigenvalue weighted by molar-refractivity contribution is 5.93. The largest absolute Gasteiger partial charge is 0.416 e. The van der Waals surface area contributed by atoms with E-state index in [0.29, 0.717) is 23.4 Å². The van der Waals surface area contributed by atoms with Crippen LogP contribution in [0.4, 0.5) is 13.2 Å². The van der Waals surface area contributed by atoms with E-state index in [4.69, 9.17) is 0 Å². The number of aromatic nitrogens is 2. The molecule has 0 aliphatic carbocycles. The van der Waals surface area contributed by atoms with Gasteiger partial charge < -0.3 is 5.11 Å². The molecule has 33 heavy (non-hydrogen) atoms. The standard InChI is InChI=1S/C24H25F3N4O2/c1-4-31(16(3)14-32)30-23(33)21-13-20(17-8-10-19(11-9-17)24(25,26)27)28-22(29-21)18-7-5-6-15(2)12-18/h5-13,16,32H,4,14H2,1-3H3,(H,30,33). The van der Waals surface area contributed by atoms with Gasteiger partial charge in [-0.05, 0) is 38.1 Å². The Labute approximate surface area is 190 Å². The number of alkyl halides is 3. The van der Waals surface area contributed by atoms with Gasteiger partial charge in [0.05, 0.1) is 17.9 Å². The molecule has 2 N–H and O–H groups in total. The van der Waals surface area contributed by atoms with Crippen molar-refractivity contribution < 1.29 is 23.1 Å². The Morgan fingerprint density at radius 3 is 2.36 bits per heavy atom. The number of aliphatic hydroxyl groups excluding tert-OH is 1. The van der Waals surface area contributed by atoms with Crippen LogP contribution in [0.3, 0.4) is 0 Å². The number of nitrogens with one attached hydrogen (secondary N) is 1. The lowest BCUT2D eigenvalue weighted by Gasteiger charge is -2.26. The molecule has 1 unspecified atom stereocenters. The third-order valence-electron chi connectivity index (χ3n) is 5.13. The van der Waals surface area contributed by atoms with Gasteiger partial charge in [-0.1, -0.05) is 42.8 Å². The first-order chi connectivity index (χ1) is 15.6. The molecule has 0 saturated heterocycles. The summed E-state index contributed by atoms with van der Waals surface area (Å²) in [5, 5.41) is 11.0. The van der Waals surface area contributed by atoms with E-state index < -0.39 is 17.6 Å². The number of hydrazine groups is 1. The molecule has 0 spiro atoms. The molecule has 174 valence electrons. The Morgan fingerprint density at radius 2 is 1.79 bits per heavy atom. The van der Waals surface area contributed by atoms with Crippen LogP contribution in [0.25, 0.3) is 22.6 Å². The van der Waals surface area contributed by atoms with Gasteiger partial charge in [-0.25, -0.2) is 15.0 Å². The van der Waals surface area contributed by atoms with Crippen LogP contribution < -0.4 is 5.43 Å². The molecular formula is C24H25F3N4O2. The zero-order valence-electron chi connectivity index (χ0n) is 18.5. The van der Waals surface area contributed by atoms with Crippen molar-refractivity contribution in [2.75, 3.05) is 13.2 Å². The van der Waals surface area contributed by atoms with Crippen LogP contribution in [0.5, 0.6) is 0 Å². The molecule has 0 fully saturated rings. The number of carbonyl (C=O) groups excluding carboxylic acids is 1. The first kappa shape index (κ1) is 24.3. The minimum absolute atomic E-state index is 0.0555. The van der Waals surface area contributed by atoms with Crippen LogP contribution in [0.2, 0.25) is 0 Å². The smallest absolute Gasteiger partial charge is 0.395 e. The second-order valence-electron chi connectivity index (χ2n) is 7.67. The van der Waals surface area contributed by atoms with E-state index in [1.807, 2.05) is 32.0 Å². The molecule has 1 amide bonds. The normalized spacial score (nSPS) is 12.6. The van der Waals surface area contributed by atoms with Gasteiger partial charge in [0.2, 0.25) is 0 Å². The van der Waals surface area contributed by atoms with Gasteiger partial charge in [-0.2, -0.15) is 13.2 Å². The van der Waals surface area contributed by atoms with E-state index in [9.17, 15) is 23.1 Å². The Morgan fingerprint density at radius 1 is 1.09 bits per heavy atom. The summed E-state index contributed by atoms with van der Waals surface area (Å²) in [7, 11) is 0. The molecule has 3 aromatic rings. The zero-order chi connectivity index (χ0) is 24.2. The molecule has 1 atom stereocenters. The summed E-state index contributed by atoms with van der Waals surface area (Å²) in [6, 6.07) is 13.1. The number of benzene rings is 2. The number of rotatable bonds is 7. The molecular weight excluding hydrogens is 433 g/mol. The predicted octanol–water partition coefficient (Wildman–Crippen LogP) is 4.49. The molecule has 1 aromatic heterocycles. The maximum atomic E-state index is 13.0. The first-order valence-corrected chi connectivity index (χ1v) is 10.4. The molecule has 0 saturated carbocycles. The highest BCUT2D eigenvalue weighted by Gasteiger charge is 2.30. The first-order valence-electron chi connectivity index (χ1n) is 10.4. The summed E-state index contributed by atoms with van der Waals surface area (Å²) in [6.07, 6.45) is -4.45. The summed E-state index contributed by atoms with van der Waals surface area (Å²) in [6.45, 7) is 5.80. The summed E-state index contributed by atoms with van der Waals surface area (Å²) in [5.41, 5.74) is 4.39. The van der Waals surface area contributed by atoms with Crippen molar-refractivity contribution in [1.82, 2.24) is 20.4 Å². The Balaban J connectivity index is 2.06. The van der Waals surface area contributed by atoms with E-state index >= 15 is 0 Å². The second-order valence-corrected chi connectivity index (χ2v) is 7.67. The number of nitrogens with zero attached hydrogens (tertiary/aromatic N) is 3. The number of carbonyl (C=O) groups is 1. The van der Waals surface area contributed by atoms with Gasteiger partial charge in [0.1, 0.15) is 5.69 Å². The van der Waals surface area contributed by atoms with E-state index in [-0.39, 0.29) is 24.2 Å². The van der Waals surface area contributed by atoms with Crippen LogP contribution in [0.15, 0.2) is 54.6 Å². The van der Waals surface area contributed by atoms with Gasteiger partial charge in [0, 0.05) is 23.7 Å². The van der Waals surface area contributed by atoms with Crippen molar-refractivity contribution in [2.24, 2.45) is 0 Å². The minimum Gasteiger partial charge on any atom is -0.395 e. The molecule has 0 bridgehead atoms. The van der Waals surface area contributed by atoms with Gasteiger partial charge in [0.25, 0.3) is 5.91 Å². The van der Waals surface area contributed by atoms with E-state index in [0.717, 1.165) is 17.7 Å². The predicted molar refractivity (Wildman–Crippen MR) is 119 cm³/mol. The lowest BCUT2D eigenvalue weighted by molar-refractivity contribution is -0.137. The van der Waals surface area contributed by atoms with E-state index in [1.54, 1.807) is 18.0 Å². The fourth-order valence-electron chi connectivity index (χ4n) is 3.24. The van der Waals surface area contributed by atoms with Crippen molar-refractivity contribution in [2.45, 2.75) is 33.0 Å². The highest BCUT2D eigenvalue weighted by Crippen LogP contribution is 2.31. The third-order valence-corrected chi connectivity index (χ3v) is 5.13. The van der Waals surface area contributed by atoms with Crippen molar-refractivity contribution in [3.63, 3.8) is 0 Å². The molecule has 2 aromatic carbocycles. The van der Waals surface area contributed by atoms with Gasteiger partial charge in [-0.15, -0.1) is 0 Å². The average molecular weight is 458 g/mol. The highest BCUT2D eigenvalue weighted by atomic mass is 19.4. The Kier molecular flexibility index (Phi) is 7.45. The number of hydrogen-bond donors (Lipinski definition) is 2.